The summed E-state index contributed by atoms with van der Waals surface area (Å²) in [5.41, 5.74) is 0.794. The molecule has 2 aromatic rings. The lowest BCUT2D eigenvalue weighted by molar-refractivity contribution is -0.138. The number of aliphatic carboxylic acids is 1. The molecule has 0 amide bonds. The number of anilines is 1. The minimum Gasteiger partial charge on any atom is -0.481 e. The highest BCUT2D eigenvalue weighted by Gasteiger charge is 2.33. The zero-order chi connectivity index (χ0) is 14.1. The van der Waals surface area contributed by atoms with E-state index in [4.69, 9.17) is 0 Å². The Hall–Kier alpha value is -1.40. The number of hydrogen-bond acceptors (Lipinski definition) is 5. The number of nitrogens with zero attached hydrogens (tertiary/aromatic N) is 2. The molecule has 0 bridgehead atoms. The number of carboxylic acids is 1. The maximum atomic E-state index is 11.2. The summed E-state index contributed by atoms with van der Waals surface area (Å²) in [7, 11) is 0. The fourth-order valence-electron chi connectivity index (χ4n) is 2.50. The second-order valence-corrected chi connectivity index (χ2v) is 6.92. The van der Waals surface area contributed by atoms with Crippen molar-refractivity contribution in [1.29, 1.82) is 0 Å². The van der Waals surface area contributed by atoms with Crippen LogP contribution in [0, 0.1) is 0 Å². The Balaban J connectivity index is 1.83. The molecule has 0 aromatic carbocycles. The number of thiophene rings is 1. The van der Waals surface area contributed by atoms with E-state index in [1.165, 1.54) is 4.88 Å². The van der Waals surface area contributed by atoms with Crippen LogP contribution in [-0.2, 0) is 17.8 Å². The molecule has 1 aliphatic rings. The second-order valence-electron chi connectivity index (χ2n) is 4.83. The van der Waals surface area contributed by atoms with Gasteiger partial charge in [-0.25, -0.2) is 4.98 Å². The molecule has 3 rings (SSSR count). The number of carboxylic acid groups (broad SMARTS) is 1. The lowest BCUT2D eigenvalue weighted by atomic mass is 10.1. The van der Waals surface area contributed by atoms with Crippen LogP contribution in [0.15, 0.2) is 17.5 Å². The summed E-state index contributed by atoms with van der Waals surface area (Å²) >= 11 is 3.39. The topological polar surface area (TPSA) is 53.4 Å². The zero-order valence-electron chi connectivity index (χ0n) is 11.2. The minimum atomic E-state index is -0.748. The van der Waals surface area contributed by atoms with Crippen LogP contribution in [0.25, 0.3) is 0 Å². The van der Waals surface area contributed by atoms with Gasteiger partial charge in [0.1, 0.15) is 5.92 Å². The van der Waals surface area contributed by atoms with Crippen molar-refractivity contribution in [1.82, 2.24) is 4.98 Å². The number of hydrogen-bond donors (Lipinski definition) is 1. The lowest BCUT2D eigenvalue weighted by Crippen LogP contribution is -2.21. The van der Waals surface area contributed by atoms with Gasteiger partial charge in [0.15, 0.2) is 5.13 Å². The summed E-state index contributed by atoms with van der Waals surface area (Å²) in [6.07, 6.45) is 1.54. The van der Waals surface area contributed by atoms with Crippen molar-refractivity contribution in [3.63, 3.8) is 0 Å². The Morgan fingerprint density at radius 1 is 1.60 bits per heavy atom. The van der Waals surface area contributed by atoms with Gasteiger partial charge in [0.05, 0.1) is 12.2 Å². The average Bonchev–Trinajstić information content (AvgIpc) is 3.11. The van der Waals surface area contributed by atoms with Gasteiger partial charge in [0.25, 0.3) is 0 Å². The number of aromatic nitrogens is 1. The van der Waals surface area contributed by atoms with Crippen molar-refractivity contribution in [3.05, 3.63) is 33.0 Å². The van der Waals surface area contributed by atoms with E-state index < -0.39 is 11.9 Å². The van der Waals surface area contributed by atoms with Crippen LogP contribution in [-0.4, -0.2) is 22.6 Å². The minimum absolute atomic E-state index is 0.407. The van der Waals surface area contributed by atoms with Gasteiger partial charge in [-0.1, -0.05) is 6.07 Å². The summed E-state index contributed by atoms with van der Waals surface area (Å²) in [5.74, 6) is -1.16. The highest BCUT2D eigenvalue weighted by Crippen LogP contribution is 2.39. The molecule has 106 valence electrons. The van der Waals surface area contributed by atoms with Gasteiger partial charge in [-0.15, -0.1) is 22.7 Å². The quantitative estimate of drug-likeness (QED) is 0.920. The normalized spacial score (nSPS) is 17.1. The molecule has 0 saturated carbocycles. The first-order valence-electron chi connectivity index (χ1n) is 6.68. The smallest absolute Gasteiger partial charge is 0.312 e. The first-order chi connectivity index (χ1) is 9.69. The van der Waals surface area contributed by atoms with Crippen LogP contribution in [0.4, 0.5) is 5.13 Å². The Kier molecular flexibility index (Phi) is 3.76. The van der Waals surface area contributed by atoms with E-state index in [2.05, 4.69) is 34.3 Å². The van der Waals surface area contributed by atoms with E-state index in [9.17, 15) is 9.90 Å². The molecule has 1 N–H and O–H groups in total. The molecule has 20 heavy (non-hydrogen) atoms. The summed E-state index contributed by atoms with van der Waals surface area (Å²) in [4.78, 5) is 20.5. The fraction of sp³-hybridized carbons (Fsp3) is 0.429. The monoisotopic (exact) mass is 308 g/mol. The van der Waals surface area contributed by atoms with Crippen LogP contribution in [0.1, 0.15) is 34.7 Å². The SMILES string of the molecule is CCN(Cc1cccs1)c1nc2c(s1)CCC2C(=O)O. The van der Waals surface area contributed by atoms with Crippen molar-refractivity contribution in [2.24, 2.45) is 0 Å². The predicted octanol–water partition coefficient (Wildman–Crippen LogP) is 3.35. The molecule has 0 spiro atoms. The fourth-order valence-corrected chi connectivity index (χ4v) is 4.41. The third-order valence-corrected chi connectivity index (χ3v) is 5.64. The molecular weight excluding hydrogens is 292 g/mol. The molecule has 0 aliphatic heterocycles. The van der Waals surface area contributed by atoms with Crippen molar-refractivity contribution in [2.45, 2.75) is 32.2 Å². The van der Waals surface area contributed by atoms with Crippen LogP contribution >= 0.6 is 22.7 Å². The highest BCUT2D eigenvalue weighted by atomic mass is 32.1. The molecule has 2 heterocycles. The Morgan fingerprint density at radius 2 is 2.45 bits per heavy atom. The van der Waals surface area contributed by atoms with Crippen LogP contribution in [0.3, 0.4) is 0 Å². The summed E-state index contributed by atoms with van der Waals surface area (Å²) in [6.45, 7) is 3.83. The summed E-state index contributed by atoms with van der Waals surface area (Å²) in [5, 5.41) is 12.3. The largest absolute Gasteiger partial charge is 0.481 e. The molecule has 1 unspecified atom stereocenters. The van der Waals surface area contributed by atoms with E-state index in [1.807, 2.05) is 0 Å². The molecule has 1 aliphatic carbocycles. The molecule has 0 radical (unpaired) electrons. The van der Waals surface area contributed by atoms with E-state index in [-0.39, 0.29) is 0 Å². The van der Waals surface area contributed by atoms with Gasteiger partial charge in [-0.3, -0.25) is 4.79 Å². The second kappa shape index (κ2) is 5.54. The number of aryl methyl sites for hydroxylation is 1. The predicted molar refractivity (Wildman–Crippen MR) is 81.9 cm³/mol. The molecule has 0 fully saturated rings. The first kappa shape index (κ1) is 13.6. The van der Waals surface area contributed by atoms with Crippen molar-refractivity contribution >= 4 is 33.8 Å². The van der Waals surface area contributed by atoms with Crippen molar-refractivity contribution in [3.8, 4) is 0 Å². The third-order valence-electron chi connectivity index (χ3n) is 3.58. The molecule has 0 saturated heterocycles. The van der Waals surface area contributed by atoms with Crippen molar-refractivity contribution in [2.75, 3.05) is 11.4 Å². The van der Waals surface area contributed by atoms with E-state index in [0.717, 1.165) is 35.2 Å². The van der Waals surface area contributed by atoms with Gasteiger partial charge in [0.2, 0.25) is 0 Å². The number of carbonyl (C=O) groups is 1. The van der Waals surface area contributed by atoms with Gasteiger partial charge < -0.3 is 10.0 Å². The Morgan fingerprint density at radius 3 is 3.10 bits per heavy atom. The summed E-state index contributed by atoms with van der Waals surface area (Å²) in [6, 6.07) is 4.17. The standard InChI is InChI=1S/C14H16N2O2S2/c1-2-16(8-9-4-3-7-19-9)14-15-12-10(13(17)18)5-6-11(12)20-14/h3-4,7,10H,2,5-6,8H2,1H3,(H,17,18). The van der Waals surface area contributed by atoms with Gasteiger partial charge in [-0.2, -0.15) is 0 Å². The molecule has 6 heteroatoms. The number of rotatable bonds is 5. The van der Waals surface area contributed by atoms with Gasteiger partial charge in [0, 0.05) is 16.3 Å². The van der Waals surface area contributed by atoms with Crippen LogP contribution in [0.5, 0.6) is 0 Å². The van der Waals surface area contributed by atoms with Gasteiger partial charge >= 0.3 is 5.97 Å². The molecular formula is C14H16N2O2S2. The molecule has 4 nitrogen and oxygen atoms in total. The zero-order valence-corrected chi connectivity index (χ0v) is 12.8. The first-order valence-corrected chi connectivity index (χ1v) is 8.38. The highest BCUT2D eigenvalue weighted by molar-refractivity contribution is 7.15. The van der Waals surface area contributed by atoms with Crippen LogP contribution in [0.2, 0.25) is 0 Å². The maximum absolute atomic E-state index is 11.2. The number of fused-ring (bicyclic) bond motifs is 1. The van der Waals surface area contributed by atoms with E-state index in [1.54, 1.807) is 22.7 Å². The Bertz CT molecular complexity index is 607. The maximum Gasteiger partial charge on any atom is 0.312 e. The lowest BCUT2D eigenvalue weighted by Gasteiger charge is -2.19. The Labute approximate surface area is 125 Å². The molecule has 2 aromatic heterocycles. The molecule has 1 atom stereocenters. The van der Waals surface area contributed by atoms with Crippen molar-refractivity contribution < 1.29 is 9.90 Å². The summed E-state index contributed by atoms with van der Waals surface area (Å²) < 4.78 is 0. The average molecular weight is 308 g/mol. The van der Waals surface area contributed by atoms with Crippen LogP contribution < -0.4 is 4.90 Å². The third kappa shape index (κ3) is 2.45. The van der Waals surface area contributed by atoms with E-state index in [0.29, 0.717) is 6.42 Å². The van der Waals surface area contributed by atoms with E-state index >= 15 is 0 Å². The van der Waals surface area contributed by atoms with Gasteiger partial charge in [-0.05, 0) is 31.2 Å². The number of thiazole rings is 1.